The van der Waals surface area contributed by atoms with Crippen LogP contribution in [0.1, 0.15) is 19.3 Å². The van der Waals surface area contributed by atoms with Crippen molar-refractivity contribution in [2.24, 2.45) is 7.05 Å². The Morgan fingerprint density at radius 1 is 1.25 bits per heavy atom. The Balaban J connectivity index is 1.61. The average Bonchev–Trinajstić information content (AvgIpc) is 2.76. The van der Waals surface area contributed by atoms with Gasteiger partial charge in [-0.25, -0.2) is 0 Å². The van der Waals surface area contributed by atoms with Gasteiger partial charge in [0.25, 0.3) is 0 Å². The minimum atomic E-state index is 0.271. The fourth-order valence-corrected chi connectivity index (χ4v) is 4.52. The highest BCUT2D eigenvalue weighted by Gasteiger charge is 2.22. The monoisotopic (exact) mass is 345 g/mol. The predicted molar refractivity (Wildman–Crippen MR) is 102 cm³/mol. The number of thioether (sulfide) groups is 1. The summed E-state index contributed by atoms with van der Waals surface area (Å²) in [5.74, 6) is 0.799. The lowest BCUT2D eigenvalue weighted by molar-refractivity contribution is -0.128. The van der Waals surface area contributed by atoms with E-state index >= 15 is 0 Å². The summed E-state index contributed by atoms with van der Waals surface area (Å²) in [5, 5.41) is 1.24. The molecule has 1 amide bonds. The zero-order valence-electron chi connectivity index (χ0n) is 14.9. The van der Waals surface area contributed by atoms with Crippen LogP contribution < -0.4 is 0 Å². The lowest BCUT2D eigenvalue weighted by atomic mass is 10.1. The number of fused-ring (bicyclic) bond motifs is 1. The zero-order chi connectivity index (χ0) is 17.1. The van der Waals surface area contributed by atoms with Gasteiger partial charge in [-0.2, -0.15) is 0 Å². The third-order valence-corrected chi connectivity index (χ3v) is 6.02. The topological polar surface area (TPSA) is 28.5 Å². The van der Waals surface area contributed by atoms with Gasteiger partial charge < -0.3 is 14.4 Å². The molecule has 0 aliphatic carbocycles. The smallest absolute Gasteiger partial charge is 0.232 e. The molecule has 1 saturated heterocycles. The van der Waals surface area contributed by atoms with Gasteiger partial charge >= 0.3 is 0 Å². The molecular formula is C19H27N3OS. The van der Waals surface area contributed by atoms with Gasteiger partial charge in [0.2, 0.25) is 5.91 Å². The first-order valence-corrected chi connectivity index (χ1v) is 9.66. The maximum absolute atomic E-state index is 12.6. The van der Waals surface area contributed by atoms with E-state index in [2.05, 4.69) is 66.0 Å². The van der Waals surface area contributed by atoms with E-state index in [9.17, 15) is 4.79 Å². The number of hydrogen-bond acceptors (Lipinski definition) is 3. The molecule has 1 atom stereocenters. The normalized spacial score (nSPS) is 19.0. The Labute approximate surface area is 148 Å². The van der Waals surface area contributed by atoms with Crippen LogP contribution in [-0.4, -0.2) is 59.3 Å². The second kappa shape index (κ2) is 7.62. The van der Waals surface area contributed by atoms with Gasteiger partial charge in [0.1, 0.15) is 0 Å². The second-order valence-corrected chi connectivity index (χ2v) is 7.86. The number of aromatic nitrogens is 1. The van der Waals surface area contributed by atoms with E-state index in [1.165, 1.54) is 22.2 Å². The summed E-state index contributed by atoms with van der Waals surface area (Å²) in [6.07, 6.45) is 5.51. The second-order valence-electron chi connectivity index (χ2n) is 6.84. The van der Waals surface area contributed by atoms with Gasteiger partial charge in [-0.1, -0.05) is 18.2 Å². The van der Waals surface area contributed by atoms with Crippen LogP contribution in [-0.2, 0) is 11.8 Å². The molecule has 0 N–H and O–H groups in total. The molecule has 0 unspecified atom stereocenters. The van der Waals surface area contributed by atoms with Crippen molar-refractivity contribution in [2.75, 3.05) is 32.9 Å². The summed E-state index contributed by atoms with van der Waals surface area (Å²) in [6, 6.07) is 8.98. The molecule has 4 nitrogen and oxygen atoms in total. The zero-order valence-corrected chi connectivity index (χ0v) is 15.7. The van der Waals surface area contributed by atoms with E-state index in [4.69, 9.17) is 0 Å². The van der Waals surface area contributed by atoms with E-state index in [0.29, 0.717) is 11.8 Å². The maximum Gasteiger partial charge on any atom is 0.232 e. The number of hydrogen-bond donors (Lipinski definition) is 0. The SMILES string of the molecule is CN(C)[C@H]1CCCN(C(=O)CSc2cn(C)c3ccccc23)CC1. The van der Waals surface area contributed by atoms with E-state index in [-0.39, 0.29) is 5.91 Å². The average molecular weight is 346 g/mol. The molecule has 1 aromatic heterocycles. The Bertz CT molecular complexity index is 710. The number of carbonyl (C=O) groups excluding carboxylic acids is 1. The van der Waals surface area contributed by atoms with Crippen molar-refractivity contribution >= 4 is 28.6 Å². The summed E-state index contributed by atoms with van der Waals surface area (Å²) >= 11 is 1.66. The molecule has 0 radical (unpaired) electrons. The molecule has 1 fully saturated rings. The highest BCUT2D eigenvalue weighted by molar-refractivity contribution is 8.00. The number of para-hydroxylation sites is 1. The molecule has 2 heterocycles. The van der Waals surface area contributed by atoms with Gasteiger partial charge in [-0.3, -0.25) is 4.79 Å². The first kappa shape index (κ1) is 17.4. The fourth-order valence-electron chi connectivity index (χ4n) is 3.49. The Morgan fingerprint density at radius 3 is 2.83 bits per heavy atom. The van der Waals surface area contributed by atoms with Crippen LogP contribution in [0.5, 0.6) is 0 Å². The highest BCUT2D eigenvalue weighted by Crippen LogP contribution is 2.29. The van der Waals surface area contributed by atoms with Crippen LogP contribution in [0.25, 0.3) is 10.9 Å². The third-order valence-electron chi connectivity index (χ3n) is 4.99. The molecule has 130 valence electrons. The Morgan fingerprint density at radius 2 is 2.04 bits per heavy atom. The van der Waals surface area contributed by atoms with Crippen molar-refractivity contribution in [2.45, 2.75) is 30.2 Å². The van der Waals surface area contributed by atoms with Gasteiger partial charge in [-0.15, -0.1) is 11.8 Å². The van der Waals surface area contributed by atoms with Crippen LogP contribution in [0.2, 0.25) is 0 Å². The predicted octanol–water partition coefficient (Wildman–Crippen LogP) is 3.21. The van der Waals surface area contributed by atoms with E-state index in [0.717, 1.165) is 25.9 Å². The van der Waals surface area contributed by atoms with Crippen molar-refractivity contribution in [1.29, 1.82) is 0 Å². The Hall–Kier alpha value is -1.46. The summed E-state index contributed by atoms with van der Waals surface area (Å²) in [5.41, 5.74) is 1.22. The molecule has 1 aromatic carbocycles. The van der Waals surface area contributed by atoms with Crippen LogP contribution in [0.3, 0.4) is 0 Å². The van der Waals surface area contributed by atoms with Crippen molar-refractivity contribution in [3.63, 3.8) is 0 Å². The van der Waals surface area contributed by atoms with Gasteiger partial charge in [0.15, 0.2) is 0 Å². The molecule has 5 heteroatoms. The summed E-state index contributed by atoms with van der Waals surface area (Å²) in [7, 11) is 6.33. The van der Waals surface area contributed by atoms with Gasteiger partial charge in [-0.05, 0) is 39.4 Å². The van der Waals surface area contributed by atoms with E-state index in [1.807, 2.05) is 0 Å². The molecule has 0 saturated carbocycles. The van der Waals surface area contributed by atoms with Crippen LogP contribution in [0.4, 0.5) is 0 Å². The van der Waals surface area contributed by atoms with Gasteiger partial charge in [0, 0.05) is 48.2 Å². The number of carbonyl (C=O) groups is 1. The molecule has 2 aromatic rings. The Kier molecular flexibility index (Phi) is 5.51. The lowest BCUT2D eigenvalue weighted by Gasteiger charge is -2.23. The lowest BCUT2D eigenvalue weighted by Crippen LogP contribution is -2.34. The molecule has 0 bridgehead atoms. The van der Waals surface area contributed by atoms with E-state index < -0.39 is 0 Å². The largest absolute Gasteiger partial charge is 0.349 e. The maximum atomic E-state index is 12.6. The van der Waals surface area contributed by atoms with Crippen molar-refractivity contribution < 1.29 is 4.79 Å². The molecular weight excluding hydrogens is 318 g/mol. The summed E-state index contributed by atoms with van der Waals surface area (Å²) < 4.78 is 2.13. The third kappa shape index (κ3) is 3.78. The molecule has 24 heavy (non-hydrogen) atoms. The number of benzene rings is 1. The first-order valence-electron chi connectivity index (χ1n) is 8.67. The highest BCUT2D eigenvalue weighted by atomic mass is 32.2. The number of rotatable bonds is 4. The van der Waals surface area contributed by atoms with Crippen molar-refractivity contribution in [3.8, 4) is 0 Å². The van der Waals surface area contributed by atoms with Crippen molar-refractivity contribution in [1.82, 2.24) is 14.4 Å². The van der Waals surface area contributed by atoms with Crippen LogP contribution in [0.15, 0.2) is 35.4 Å². The standard InChI is InChI=1S/C19H27N3OS/c1-20(2)15-7-6-11-22(12-10-15)19(23)14-24-18-13-21(3)17-9-5-4-8-16(17)18/h4-5,8-9,13,15H,6-7,10-12,14H2,1-3H3/t15-/m0/s1. The quantitative estimate of drug-likeness (QED) is 0.797. The fraction of sp³-hybridized carbons (Fsp3) is 0.526. The first-order chi connectivity index (χ1) is 11.6. The molecule has 1 aliphatic heterocycles. The van der Waals surface area contributed by atoms with Crippen LogP contribution >= 0.6 is 11.8 Å². The molecule has 1 aliphatic rings. The number of nitrogens with zero attached hydrogens (tertiary/aromatic N) is 3. The van der Waals surface area contributed by atoms with Gasteiger partial charge in [0.05, 0.1) is 5.75 Å². The summed E-state index contributed by atoms with van der Waals surface area (Å²) in [4.78, 5) is 18.2. The molecule has 0 spiro atoms. The number of aryl methyl sites for hydroxylation is 1. The van der Waals surface area contributed by atoms with E-state index in [1.54, 1.807) is 11.8 Å². The number of likely N-dealkylation sites (tertiary alicyclic amines) is 1. The van der Waals surface area contributed by atoms with Crippen molar-refractivity contribution in [3.05, 3.63) is 30.5 Å². The minimum Gasteiger partial charge on any atom is -0.349 e. The minimum absolute atomic E-state index is 0.271. The summed E-state index contributed by atoms with van der Waals surface area (Å²) in [6.45, 7) is 1.79. The molecule has 3 rings (SSSR count). The van der Waals surface area contributed by atoms with Crippen LogP contribution in [0, 0.1) is 0 Å². The number of amides is 1.